The second-order valence-electron chi connectivity index (χ2n) is 7.75. The van der Waals surface area contributed by atoms with E-state index in [-0.39, 0.29) is 16.4 Å². The Balaban J connectivity index is 1.51. The normalized spacial score (nSPS) is 14.2. The topological polar surface area (TPSA) is 97.2 Å². The molecule has 4 rings (SSSR count). The Morgan fingerprint density at radius 1 is 1.03 bits per heavy atom. The number of nitrogens with one attached hydrogen (secondary N) is 1. The summed E-state index contributed by atoms with van der Waals surface area (Å²) in [6.07, 6.45) is 4.41. The molecule has 162 valence electrons. The van der Waals surface area contributed by atoms with Gasteiger partial charge in [0.2, 0.25) is 10.0 Å². The lowest BCUT2D eigenvalue weighted by Crippen LogP contribution is -2.22. The van der Waals surface area contributed by atoms with Gasteiger partial charge in [0.15, 0.2) is 5.82 Å². The number of nitrogens with zero attached hydrogens (tertiary/aromatic N) is 4. The predicted molar refractivity (Wildman–Crippen MR) is 118 cm³/mol. The first-order valence-electron chi connectivity index (χ1n) is 10.2. The fourth-order valence-electron chi connectivity index (χ4n) is 3.61. The number of amides is 1. The number of benzene rings is 2. The van der Waals surface area contributed by atoms with Crippen LogP contribution in [0.3, 0.4) is 0 Å². The number of aromatic nitrogens is 3. The highest BCUT2D eigenvalue weighted by Gasteiger charge is 2.19. The van der Waals surface area contributed by atoms with Crippen LogP contribution in [0.2, 0.25) is 0 Å². The van der Waals surface area contributed by atoms with E-state index < -0.39 is 10.0 Å². The van der Waals surface area contributed by atoms with E-state index >= 15 is 0 Å². The minimum Gasteiger partial charge on any atom is -0.322 e. The molecule has 0 atom stereocenters. The molecule has 3 aromatic rings. The van der Waals surface area contributed by atoms with E-state index in [1.807, 2.05) is 24.3 Å². The van der Waals surface area contributed by atoms with Crippen LogP contribution in [-0.4, -0.2) is 47.5 Å². The van der Waals surface area contributed by atoms with Crippen molar-refractivity contribution in [3.8, 4) is 11.4 Å². The van der Waals surface area contributed by atoms with Gasteiger partial charge in [0.05, 0.1) is 4.90 Å². The first kappa shape index (κ1) is 21.2. The van der Waals surface area contributed by atoms with Crippen molar-refractivity contribution >= 4 is 21.6 Å². The van der Waals surface area contributed by atoms with Gasteiger partial charge in [-0.05, 0) is 55.3 Å². The van der Waals surface area contributed by atoms with Crippen LogP contribution in [0, 0.1) is 0 Å². The average molecular weight is 440 g/mol. The van der Waals surface area contributed by atoms with Crippen LogP contribution in [0.15, 0.2) is 53.4 Å². The van der Waals surface area contributed by atoms with Gasteiger partial charge in [0, 0.05) is 43.9 Å². The van der Waals surface area contributed by atoms with Gasteiger partial charge in [-0.2, -0.15) is 0 Å². The third-order valence-electron chi connectivity index (χ3n) is 5.39. The molecule has 0 aliphatic carbocycles. The second kappa shape index (κ2) is 8.60. The molecular weight excluding hydrogens is 414 g/mol. The van der Waals surface area contributed by atoms with Crippen molar-refractivity contribution in [3.63, 3.8) is 0 Å². The molecule has 0 bridgehead atoms. The fraction of sp³-hybridized carbons (Fsp3) is 0.318. The predicted octanol–water partition coefficient (Wildman–Crippen LogP) is 3.17. The van der Waals surface area contributed by atoms with Crippen molar-refractivity contribution in [2.45, 2.75) is 37.1 Å². The lowest BCUT2D eigenvalue weighted by atomic mass is 10.1. The molecule has 2 heterocycles. The third kappa shape index (κ3) is 4.38. The summed E-state index contributed by atoms with van der Waals surface area (Å²) in [4.78, 5) is 12.7. The van der Waals surface area contributed by atoms with Crippen LogP contribution in [0.4, 0.5) is 5.69 Å². The summed E-state index contributed by atoms with van der Waals surface area (Å²) in [5, 5.41) is 11.5. The summed E-state index contributed by atoms with van der Waals surface area (Å²) < 4.78 is 27.9. The third-order valence-corrected chi connectivity index (χ3v) is 7.20. The van der Waals surface area contributed by atoms with E-state index in [0.717, 1.165) is 47.3 Å². The first-order valence-corrected chi connectivity index (χ1v) is 11.7. The van der Waals surface area contributed by atoms with Crippen molar-refractivity contribution in [2.24, 2.45) is 0 Å². The Morgan fingerprint density at radius 3 is 2.55 bits per heavy atom. The molecule has 1 N–H and O–H groups in total. The number of rotatable bonds is 5. The summed E-state index contributed by atoms with van der Waals surface area (Å²) in [7, 11) is -0.696. The maximum Gasteiger partial charge on any atom is 0.255 e. The molecule has 1 aliphatic rings. The lowest BCUT2D eigenvalue weighted by Gasteiger charge is -2.12. The van der Waals surface area contributed by atoms with E-state index in [0.29, 0.717) is 5.69 Å². The van der Waals surface area contributed by atoms with Crippen molar-refractivity contribution < 1.29 is 13.2 Å². The van der Waals surface area contributed by atoms with E-state index in [4.69, 9.17) is 0 Å². The number of anilines is 1. The number of hydrogen-bond donors (Lipinski definition) is 1. The molecule has 1 aromatic heterocycles. The molecule has 2 aromatic carbocycles. The molecule has 0 saturated carbocycles. The van der Waals surface area contributed by atoms with Gasteiger partial charge in [-0.15, -0.1) is 10.2 Å². The van der Waals surface area contributed by atoms with Crippen molar-refractivity contribution in [2.75, 3.05) is 19.4 Å². The molecule has 0 radical (unpaired) electrons. The molecule has 9 heteroatoms. The number of hydrogen-bond acceptors (Lipinski definition) is 5. The molecular formula is C22H25N5O3S. The van der Waals surface area contributed by atoms with Gasteiger partial charge in [-0.3, -0.25) is 4.79 Å². The van der Waals surface area contributed by atoms with Crippen LogP contribution in [0.25, 0.3) is 11.4 Å². The maximum absolute atomic E-state index is 12.7. The van der Waals surface area contributed by atoms with Crippen LogP contribution in [0.5, 0.6) is 0 Å². The van der Waals surface area contributed by atoms with E-state index in [1.165, 1.54) is 32.6 Å². The Kier molecular flexibility index (Phi) is 5.88. The lowest BCUT2D eigenvalue weighted by molar-refractivity contribution is 0.102. The largest absolute Gasteiger partial charge is 0.322 e. The summed E-state index contributed by atoms with van der Waals surface area (Å²) in [5.41, 5.74) is 1.83. The Hall–Kier alpha value is -3.04. The first-order chi connectivity index (χ1) is 14.9. The zero-order valence-corrected chi connectivity index (χ0v) is 18.4. The molecule has 0 spiro atoms. The number of carbonyl (C=O) groups excluding carboxylic acids is 1. The van der Waals surface area contributed by atoms with Gasteiger partial charge in [-0.25, -0.2) is 12.7 Å². The van der Waals surface area contributed by atoms with E-state index in [1.54, 1.807) is 12.1 Å². The Bertz CT molecular complexity index is 1200. The summed E-state index contributed by atoms with van der Waals surface area (Å²) in [6.45, 7) is 0.919. The minimum atomic E-state index is -3.61. The SMILES string of the molecule is CN(C)S(=O)(=O)c1cccc(C(=O)Nc2ccc(-c3nnc4n3CCCCC4)cc2)c1. The highest BCUT2D eigenvalue weighted by atomic mass is 32.2. The molecule has 8 nitrogen and oxygen atoms in total. The number of aryl methyl sites for hydroxylation is 1. The van der Waals surface area contributed by atoms with Crippen LogP contribution >= 0.6 is 0 Å². The monoisotopic (exact) mass is 439 g/mol. The van der Waals surface area contributed by atoms with Gasteiger partial charge in [0.1, 0.15) is 5.82 Å². The zero-order valence-electron chi connectivity index (χ0n) is 17.6. The van der Waals surface area contributed by atoms with Crippen molar-refractivity contribution in [1.29, 1.82) is 0 Å². The molecule has 31 heavy (non-hydrogen) atoms. The van der Waals surface area contributed by atoms with Gasteiger partial charge in [0.25, 0.3) is 5.91 Å². The number of carbonyl (C=O) groups is 1. The Labute approximate surface area is 182 Å². The van der Waals surface area contributed by atoms with Crippen molar-refractivity contribution in [1.82, 2.24) is 19.1 Å². The quantitative estimate of drug-likeness (QED) is 0.659. The van der Waals surface area contributed by atoms with Crippen LogP contribution in [-0.2, 0) is 23.0 Å². The van der Waals surface area contributed by atoms with Crippen LogP contribution in [0.1, 0.15) is 35.4 Å². The highest BCUT2D eigenvalue weighted by molar-refractivity contribution is 7.89. The van der Waals surface area contributed by atoms with Crippen LogP contribution < -0.4 is 5.32 Å². The maximum atomic E-state index is 12.7. The number of fused-ring (bicyclic) bond motifs is 1. The zero-order chi connectivity index (χ0) is 22.0. The second-order valence-corrected chi connectivity index (χ2v) is 9.90. The van der Waals surface area contributed by atoms with Gasteiger partial charge < -0.3 is 9.88 Å². The minimum absolute atomic E-state index is 0.0768. The molecule has 1 amide bonds. The molecule has 1 aliphatic heterocycles. The smallest absolute Gasteiger partial charge is 0.255 e. The summed E-state index contributed by atoms with van der Waals surface area (Å²) >= 11 is 0. The molecule has 0 fully saturated rings. The average Bonchev–Trinajstić information content (AvgIpc) is 3.02. The van der Waals surface area contributed by atoms with Gasteiger partial charge in [-0.1, -0.05) is 12.5 Å². The highest BCUT2D eigenvalue weighted by Crippen LogP contribution is 2.24. The van der Waals surface area contributed by atoms with Crippen molar-refractivity contribution in [3.05, 3.63) is 59.9 Å². The number of sulfonamides is 1. The van der Waals surface area contributed by atoms with E-state index in [9.17, 15) is 13.2 Å². The molecule has 0 saturated heterocycles. The fourth-order valence-corrected chi connectivity index (χ4v) is 4.56. The summed E-state index contributed by atoms with van der Waals surface area (Å²) in [5.74, 6) is 1.49. The Morgan fingerprint density at radius 2 is 1.81 bits per heavy atom. The standard InChI is InChI=1S/C22H25N5O3S/c1-26(2)31(29,30)19-8-6-7-17(15-19)22(28)23-18-12-10-16(11-13-18)21-25-24-20-9-4-3-5-14-27(20)21/h6-8,10-13,15H,3-5,9,14H2,1-2H3,(H,23,28). The van der Waals surface area contributed by atoms with Gasteiger partial charge >= 0.3 is 0 Å². The summed E-state index contributed by atoms with van der Waals surface area (Å²) in [6, 6.07) is 13.4. The van der Waals surface area contributed by atoms with E-state index in [2.05, 4.69) is 20.1 Å². The molecule has 0 unspecified atom stereocenters.